The van der Waals surface area contributed by atoms with Gasteiger partial charge in [0.1, 0.15) is 11.6 Å². The van der Waals surface area contributed by atoms with E-state index in [4.69, 9.17) is 4.74 Å². The number of rotatable bonds is 0. The van der Waals surface area contributed by atoms with Gasteiger partial charge in [-0.05, 0) is 26.2 Å². The summed E-state index contributed by atoms with van der Waals surface area (Å²) in [5.41, 5.74) is -0.746. The smallest absolute Gasteiger partial charge is 0.411 e. The van der Waals surface area contributed by atoms with Gasteiger partial charge in [-0.1, -0.05) is 20.8 Å². The highest BCUT2D eigenvalue weighted by Gasteiger charge is 2.48. The van der Waals surface area contributed by atoms with Gasteiger partial charge < -0.3 is 4.74 Å². The van der Waals surface area contributed by atoms with Crippen molar-refractivity contribution in [3.63, 3.8) is 0 Å². The Morgan fingerprint density at radius 2 is 1.75 bits per heavy atom. The predicted molar refractivity (Wildman–Crippen MR) is 61.2 cm³/mol. The minimum atomic E-state index is -0.516. The van der Waals surface area contributed by atoms with Crippen molar-refractivity contribution in [2.24, 2.45) is 5.41 Å². The molecule has 1 fully saturated rings. The van der Waals surface area contributed by atoms with E-state index in [9.17, 15) is 9.59 Å². The van der Waals surface area contributed by atoms with Crippen LogP contribution in [0.3, 0.4) is 0 Å². The number of amides is 1. The second-order valence-electron chi connectivity index (χ2n) is 6.34. The Morgan fingerprint density at radius 1 is 1.25 bits per heavy atom. The standard InChI is InChI=1S/C12H21NO3/c1-11(2,3)9-8(14)7-13(9)10(15)16-12(4,5)6/h9H,7H2,1-6H3/t9-/m1/s1. The third-order valence-corrected chi connectivity index (χ3v) is 2.39. The molecule has 0 aromatic rings. The highest BCUT2D eigenvalue weighted by Crippen LogP contribution is 2.32. The van der Waals surface area contributed by atoms with Crippen molar-refractivity contribution < 1.29 is 14.3 Å². The van der Waals surface area contributed by atoms with E-state index < -0.39 is 11.7 Å². The quantitative estimate of drug-likeness (QED) is 0.637. The van der Waals surface area contributed by atoms with Gasteiger partial charge in [0, 0.05) is 0 Å². The van der Waals surface area contributed by atoms with Crippen LogP contribution in [0.4, 0.5) is 4.79 Å². The van der Waals surface area contributed by atoms with Crippen molar-refractivity contribution in [1.82, 2.24) is 4.90 Å². The molecule has 16 heavy (non-hydrogen) atoms. The van der Waals surface area contributed by atoms with Gasteiger partial charge in [0.25, 0.3) is 0 Å². The molecular weight excluding hydrogens is 206 g/mol. The number of ether oxygens (including phenoxy) is 1. The Labute approximate surface area is 96.9 Å². The lowest BCUT2D eigenvalue weighted by atomic mass is 9.78. The number of hydrogen-bond acceptors (Lipinski definition) is 3. The lowest BCUT2D eigenvalue weighted by molar-refractivity contribution is -0.141. The minimum Gasteiger partial charge on any atom is -0.444 e. The molecule has 92 valence electrons. The maximum Gasteiger partial charge on any atom is 0.411 e. The number of carbonyl (C=O) groups is 2. The van der Waals surface area contributed by atoms with Crippen molar-refractivity contribution in [2.45, 2.75) is 53.2 Å². The molecule has 1 heterocycles. The fourth-order valence-electron chi connectivity index (χ4n) is 1.85. The summed E-state index contributed by atoms with van der Waals surface area (Å²) in [6.07, 6.45) is -0.396. The van der Waals surface area contributed by atoms with Crippen LogP contribution < -0.4 is 0 Å². The monoisotopic (exact) mass is 227 g/mol. The van der Waals surface area contributed by atoms with E-state index in [-0.39, 0.29) is 23.8 Å². The van der Waals surface area contributed by atoms with Crippen LogP contribution in [0.2, 0.25) is 0 Å². The van der Waals surface area contributed by atoms with Crippen LogP contribution in [0.1, 0.15) is 41.5 Å². The molecule has 1 atom stereocenters. The molecule has 0 radical (unpaired) electrons. The molecule has 0 N–H and O–H groups in total. The predicted octanol–water partition coefficient (Wildman–Crippen LogP) is 2.22. The van der Waals surface area contributed by atoms with E-state index in [0.29, 0.717) is 0 Å². The van der Waals surface area contributed by atoms with Crippen molar-refractivity contribution >= 4 is 11.9 Å². The average molecular weight is 227 g/mol. The summed E-state index contributed by atoms with van der Waals surface area (Å²) in [5.74, 6) is 0.110. The van der Waals surface area contributed by atoms with E-state index in [0.717, 1.165) is 0 Å². The molecule has 4 heteroatoms. The van der Waals surface area contributed by atoms with Crippen molar-refractivity contribution in [2.75, 3.05) is 6.54 Å². The summed E-state index contributed by atoms with van der Waals surface area (Å²) in [5, 5.41) is 0. The highest BCUT2D eigenvalue weighted by molar-refractivity contribution is 5.98. The first-order chi connectivity index (χ1) is 7.02. The normalized spacial score (nSPS) is 21.8. The zero-order valence-electron chi connectivity index (χ0n) is 11.0. The van der Waals surface area contributed by atoms with Gasteiger partial charge in [-0.25, -0.2) is 4.79 Å². The zero-order chi connectivity index (χ0) is 12.7. The van der Waals surface area contributed by atoms with Crippen LogP contribution in [-0.4, -0.2) is 35.0 Å². The van der Waals surface area contributed by atoms with Crippen molar-refractivity contribution in [3.8, 4) is 0 Å². The fourth-order valence-corrected chi connectivity index (χ4v) is 1.85. The number of hydrogen-bond donors (Lipinski definition) is 0. The van der Waals surface area contributed by atoms with Crippen LogP contribution in [0.5, 0.6) is 0 Å². The van der Waals surface area contributed by atoms with E-state index in [2.05, 4.69) is 0 Å². The molecule has 0 saturated carbocycles. The van der Waals surface area contributed by atoms with E-state index in [1.54, 1.807) is 0 Å². The van der Waals surface area contributed by atoms with Gasteiger partial charge in [0.2, 0.25) is 0 Å². The number of Topliss-reactive ketones (excluding diaryl/α,β-unsaturated/α-hetero) is 1. The van der Waals surface area contributed by atoms with Crippen LogP contribution >= 0.6 is 0 Å². The van der Waals surface area contributed by atoms with Gasteiger partial charge in [0.15, 0.2) is 5.78 Å². The molecule has 0 spiro atoms. The van der Waals surface area contributed by atoms with Crippen LogP contribution in [0.15, 0.2) is 0 Å². The largest absolute Gasteiger partial charge is 0.444 e. The third-order valence-electron chi connectivity index (χ3n) is 2.39. The molecule has 4 nitrogen and oxygen atoms in total. The summed E-state index contributed by atoms with van der Waals surface area (Å²) in [4.78, 5) is 24.8. The molecule has 0 aromatic heterocycles. The molecule has 1 aliphatic heterocycles. The van der Waals surface area contributed by atoms with Crippen LogP contribution in [0, 0.1) is 5.41 Å². The lowest BCUT2D eigenvalue weighted by Gasteiger charge is -2.46. The van der Waals surface area contributed by atoms with E-state index >= 15 is 0 Å². The van der Waals surface area contributed by atoms with Crippen LogP contribution in [-0.2, 0) is 9.53 Å². The first-order valence-corrected chi connectivity index (χ1v) is 5.55. The van der Waals surface area contributed by atoms with E-state index in [1.165, 1.54) is 4.90 Å². The lowest BCUT2D eigenvalue weighted by Crippen LogP contribution is -2.65. The van der Waals surface area contributed by atoms with Crippen LogP contribution in [0.25, 0.3) is 0 Å². The fraction of sp³-hybridized carbons (Fsp3) is 0.833. The maximum atomic E-state index is 11.8. The molecule has 0 aliphatic carbocycles. The Hall–Kier alpha value is -1.06. The Bertz CT molecular complexity index is 309. The van der Waals surface area contributed by atoms with Crippen molar-refractivity contribution in [3.05, 3.63) is 0 Å². The molecule has 1 aliphatic rings. The first kappa shape index (κ1) is 13.0. The molecular formula is C12H21NO3. The topological polar surface area (TPSA) is 46.6 Å². The molecule has 1 rings (SSSR count). The Morgan fingerprint density at radius 3 is 2.06 bits per heavy atom. The summed E-state index contributed by atoms with van der Waals surface area (Å²) < 4.78 is 5.25. The molecule has 0 bridgehead atoms. The second kappa shape index (κ2) is 3.75. The number of carbonyl (C=O) groups excluding carboxylic acids is 2. The van der Waals surface area contributed by atoms with Gasteiger partial charge in [0.05, 0.1) is 6.54 Å². The zero-order valence-corrected chi connectivity index (χ0v) is 11.0. The van der Waals surface area contributed by atoms with Crippen molar-refractivity contribution in [1.29, 1.82) is 0 Å². The molecule has 0 aromatic carbocycles. The minimum absolute atomic E-state index is 0.110. The molecule has 1 saturated heterocycles. The Balaban J connectivity index is 2.70. The Kier molecular flexibility index (Phi) is 3.05. The van der Waals surface area contributed by atoms with Gasteiger partial charge in [-0.3, -0.25) is 9.69 Å². The summed E-state index contributed by atoms with van der Waals surface area (Å²) >= 11 is 0. The maximum absolute atomic E-state index is 11.8. The molecule has 1 amide bonds. The number of nitrogens with zero attached hydrogens (tertiary/aromatic N) is 1. The summed E-state index contributed by atoms with van der Waals surface area (Å²) in [7, 11) is 0. The number of ketones is 1. The van der Waals surface area contributed by atoms with Gasteiger partial charge in [-0.15, -0.1) is 0 Å². The second-order valence-corrected chi connectivity index (χ2v) is 6.34. The number of likely N-dealkylation sites (tertiary alicyclic amines) is 1. The van der Waals surface area contributed by atoms with Gasteiger partial charge in [-0.2, -0.15) is 0 Å². The SMILES string of the molecule is CC(C)(C)OC(=O)N1CC(=O)[C@@H]1C(C)(C)C. The van der Waals surface area contributed by atoms with E-state index in [1.807, 2.05) is 41.5 Å². The highest BCUT2D eigenvalue weighted by atomic mass is 16.6. The summed E-state index contributed by atoms with van der Waals surface area (Å²) in [6.45, 7) is 11.5. The van der Waals surface area contributed by atoms with Gasteiger partial charge >= 0.3 is 6.09 Å². The third kappa shape index (κ3) is 2.74. The molecule has 0 unspecified atom stereocenters. The summed E-state index contributed by atoms with van der Waals surface area (Å²) in [6, 6.07) is -0.345. The first-order valence-electron chi connectivity index (χ1n) is 5.55. The average Bonchev–Trinajstić information content (AvgIpc) is 1.92.